The molecule has 2 aliphatic heterocycles. The maximum absolute atomic E-state index is 12.2. The third kappa shape index (κ3) is 2.76. The number of carbonyl (C=O) groups excluding carboxylic acids is 2. The van der Waals surface area contributed by atoms with Crippen LogP contribution in [0, 0.1) is 0 Å². The lowest BCUT2D eigenvalue weighted by Gasteiger charge is -2.35. The number of hydrogen-bond donors (Lipinski definition) is 1. The Morgan fingerprint density at radius 1 is 1.41 bits per heavy atom. The highest BCUT2D eigenvalue weighted by atomic mass is 32.2. The number of fused-ring (bicyclic) bond motifs is 1. The topological polar surface area (TPSA) is 49.4 Å². The van der Waals surface area contributed by atoms with Gasteiger partial charge in [0, 0.05) is 17.0 Å². The van der Waals surface area contributed by atoms with Gasteiger partial charge >= 0.3 is 0 Å². The minimum absolute atomic E-state index is 0.0293. The summed E-state index contributed by atoms with van der Waals surface area (Å²) in [5.74, 6) is 0.794. The normalized spacial score (nSPS) is 29.2. The molecule has 17 heavy (non-hydrogen) atoms. The highest BCUT2D eigenvalue weighted by Gasteiger charge is 2.42. The van der Waals surface area contributed by atoms with Crippen molar-refractivity contribution in [2.45, 2.75) is 50.4 Å². The molecule has 0 radical (unpaired) electrons. The Hall–Kier alpha value is -0.710. The Bertz CT molecular complexity index is 338. The average Bonchev–Trinajstić information content (AvgIpc) is 2.69. The molecule has 0 bridgehead atoms. The summed E-state index contributed by atoms with van der Waals surface area (Å²) < 4.78 is 0.118. The zero-order valence-electron chi connectivity index (χ0n) is 10.7. The number of thioether (sulfide) groups is 1. The molecule has 2 aliphatic rings. The minimum atomic E-state index is -0.332. The van der Waals surface area contributed by atoms with E-state index < -0.39 is 0 Å². The summed E-state index contributed by atoms with van der Waals surface area (Å²) in [6, 6.07) is -0.528. The molecule has 2 atom stereocenters. The molecule has 2 heterocycles. The van der Waals surface area contributed by atoms with E-state index in [4.69, 9.17) is 0 Å². The first-order valence-corrected chi connectivity index (χ1v) is 7.12. The lowest BCUT2D eigenvalue weighted by Crippen LogP contribution is -2.62. The monoisotopic (exact) mass is 256 g/mol. The number of rotatable bonds is 2. The Morgan fingerprint density at radius 2 is 2.12 bits per heavy atom. The van der Waals surface area contributed by atoms with Crippen LogP contribution in [0.5, 0.6) is 0 Å². The molecule has 2 rings (SSSR count). The zero-order chi connectivity index (χ0) is 12.6. The number of nitrogens with zero attached hydrogens (tertiary/aromatic N) is 1. The molecule has 0 aromatic carbocycles. The van der Waals surface area contributed by atoms with Crippen LogP contribution in [0.1, 0.15) is 33.6 Å². The van der Waals surface area contributed by atoms with E-state index in [0.717, 1.165) is 19.4 Å². The number of hydrogen-bond acceptors (Lipinski definition) is 3. The number of piperazine rings is 1. The number of carbonyl (C=O) groups is 2. The van der Waals surface area contributed by atoms with Crippen molar-refractivity contribution in [1.29, 1.82) is 0 Å². The Morgan fingerprint density at radius 3 is 2.76 bits per heavy atom. The van der Waals surface area contributed by atoms with Crippen LogP contribution in [0.4, 0.5) is 0 Å². The largest absolute Gasteiger partial charge is 0.342 e. The Balaban J connectivity index is 2.00. The predicted molar refractivity (Wildman–Crippen MR) is 68.9 cm³/mol. The van der Waals surface area contributed by atoms with Crippen molar-refractivity contribution < 1.29 is 9.59 Å². The van der Waals surface area contributed by atoms with Crippen molar-refractivity contribution in [2.24, 2.45) is 0 Å². The van der Waals surface area contributed by atoms with Gasteiger partial charge in [-0.25, -0.2) is 0 Å². The summed E-state index contributed by atoms with van der Waals surface area (Å²) >= 11 is 1.72. The van der Waals surface area contributed by atoms with Crippen molar-refractivity contribution in [3.05, 3.63) is 0 Å². The van der Waals surface area contributed by atoms with Gasteiger partial charge in [0.15, 0.2) is 0 Å². The third-order valence-electron chi connectivity index (χ3n) is 3.14. The van der Waals surface area contributed by atoms with Crippen molar-refractivity contribution >= 4 is 23.6 Å². The summed E-state index contributed by atoms with van der Waals surface area (Å²) in [5, 5.41) is 2.86. The molecule has 0 aliphatic carbocycles. The fraction of sp³-hybridized carbons (Fsp3) is 0.833. The minimum Gasteiger partial charge on any atom is -0.342 e. The van der Waals surface area contributed by atoms with Crippen LogP contribution in [-0.2, 0) is 9.59 Å². The van der Waals surface area contributed by atoms with Crippen LogP contribution in [-0.4, -0.2) is 45.8 Å². The van der Waals surface area contributed by atoms with Gasteiger partial charge in [-0.3, -0.25) is 9.59 Å². The second-order valence-corrected chi connectivity index (χ2v) is 7.52. The van der Waals surface area contributed by atoms with E-state index in [1.165, 1.54) is 0 Å². The first-order chi connectivity index (χ1) is 7.88. The van der Waals surface area contributed by atoms with E-state index in [1.54, 1.807) is 16.7 Å². The van der Waals surface area contributed by atoms with Gasteiger partial charge in [-0.05, 0) is 12.8 Å². The Labute approximate surface area is 106 Å². The quantitative estimate of drug-likeness (QED) is 0.802. The summed E-state index contributed by atoms with van der Waals surface area (Å²) in [5.41, 5.74) is 0. The summed E-state index contributed by atoms with van der Waals surface area (Å²) in [6.07, 6.45) is 1.76. The van der Waals surface area contributed by atoms with E-state index in [0.29, 0.717) is 5.75 Å². The van der Waals surface area contributed by atoms with Crippen LogP contribution in [0.3, 0.4) is 0 Å². The van der Waals surface area contributed by atoms with E-state index in [1.807, 2.05) is 0 Å². The van der Waals surface area contributed by atoms with Crippen LogP contribution in [0.2, 0.25) is 0 Å². The maximum Gasteiger partial charge on any atom is 0.246 e. The van der Waals surface area contributed by atoms with E-state index in [9.17, 15) is 9.59 Å². The van der Waals surface area contributed by atoms with Crippen LogP contribution in [0.15, 0.2) is 0 Å². The summed E-state index contributed by atoms with van der Waals surface area (Å²) in [7, 11) is 0. The fourth-order valence-corrected chi connectivity index (χ4v) is 3.17. The molecular formula is C12H20N2O2S. The first kappa shape index (κ1) is 12.7. The van der Waals surface area contributed by atoms with Gasteiger partial charge in [0.25, 0.3) is 0 Å². The molecule has 0 aromatic rings. The highest BCUT2D eigenvalue weighted by molar-refractivity contribution is 8.00. The molecule has 0 unspecified atom stereocenters. The standard InChI is InChI=1S/C12H20N2O2S/c1-12(2,3)17-7-8-11(16)14-6-4-5-9(14)10(15)13-8/h8-9H,4-7H2,1-3H3,(H,13,15)/t8-,9-/m0/s1. The smallest absolute Gasteiger partial charge is 0.246 e. The first-order valence-electron chi connectivity index (χ1n) is 6.13. The van der Waals surface area contributed by atoms with Gasteiger partial charge in [-0.2, -0.15) is 11.8 Å². The Kier molecular flexibility index (Phi) is 3.39. The number of amides is 2. The molecule has 4 nitrogen and oxygen atoms in total. The molecule has 0 spiro atoms. The van der Waals surface area contributed by atoms with E-state index in [2.05, 4.69) is 26.1 Å². The maximum atomic E-state index is 12.2. The van der Waals surface area contributed by atoms with Crippen molar-refractivity contribution in [3.63, 3.8) is 0 Å². The average molecular weight is 256 g/mol. The van der Waals surface area contributed by atoms with Crippen LogP contribution in [0.25, 0.3) is 0 Å². The van der Waals surface area contributed by atoms with Crippen molar-refractivity contribution in [2.75, 3.05) is 12.3 Å². The lowest BCUT2D eigenvalue weighted by atomic mass is 10.1. The van der Waals surface area contributed by atoms with Gasteiger partial charge in [-0.1, -0.05) is 20.8 Å². The van der Waals surface area contributed by atoms with E-state index in [-0.39, 0.29) is 28.6 Å². The highest BCUT2D eigenvalue weighted by Crippen LogP contribution is 2.27. The molecule has 96 valence electrons. The molecule has 0 aromatic heterocycles. The third-order valence-corrected chi connectivity index (χ3v) is 4.50. The summed E-state index contributed by atoms with van der Waals surface area (Å²) in [6.45, 7) is 7.09. The van der Waals surface area contributed by atoms with Crippen LogP contribution >= 0.6 is 11.8 Å². The zero-order valence-corrected chi connectivity index (χ0v) is 11.5. The van der Waals surface area contributed by atoms with Crippen molar-refractivity contribution in [1.82, 2.24) is 10.2 Å². The fourth-order valence-electron chi connectivity index (χ4n) is 2.28. The van der Waals surface area contributed by atoms with Gasteiger partial charge in [-0.15, -0.1) is 0 Å². The van der Waals surface area contributed by atoms with Crippen LogP contribution < -0.4 is 5.32 Å². The molecular weight excluding hydrogens is 236 g/mol. The molecule has 5 heteroatoms. The predicted octanol–water partition coefficient (Wildman–Crippen LogP) is 1.01. The van der Waals surface area contributed by atoms with Gasteiger partial charge in [0.2, 0.25) is 11.8 Å². The summed E-state index contributed by atoms with van der Waals surface area (Å²) in [4.78, 5) is 25.8. The molecule has 1 N–H and O–H groups in total. The van der Waals surface area contributed by atoms with E-state index >= 15 is 0 Å². The van der Waals surface area contributed by atoms with Gasteiger partial charge in [0.1, 0.15) is 12.1 Å². The van der Waals surface area contributed by atoms with Crippen molar-refractivity contribution in [3.8, 4) is 0 Å². The molecule has 2 saturated heterocycles. The number of nitrogens with one attached hydrogen (secondary N) is 1. The SMILES string of the molecule is CC(C)(C)SC[C@@H]1NC(=O)[C@@H]2CCCN2C1=O. The second kappa shape index (κ2) is 4.52. The molecule has 0 saturated carbocycles. The molecule has 2 amide bonds. The second-order valence-electron chi connectivity index (χ2n) is 5.67. The molecule has 2 fully saturated rings. The van der Waals surface area contributed by atoms with Gasteiger partial charge in [0.05, 0.1) is 0 Å². The van der Waals surface area contributed by atoms with Gasteiger partial charge < -0.3 is 10.2 Å². The lowest BCUT2D eigenvalue weighted by molar-refractivity contribution is -0.146.